The lowest BCUT2D eigenvalue weighted by Crippen LogP contribution is -2.25. The van der Waals surface area contributed by atoms with Crippen LogP contribution in [-0.2, 0) is 18.6 Å². The van der Waals surface area contributed by atoms with Gasteiger partial charge in [-0.2, -0.15) is 0 Å². The highest BCUT2D eigenvalue weighted by atomic mass is 127. The number of rotatable bonds is 12. The number of aliphatic hydroxyl groups is 2. The summed E-state index contributed by atoms with van der Waals surface area (Å²) >= 11 is 9.99. The van der Waals surface area contributed by atoms with Crippen LogP contribution in [0.1, 0.15) is 30.7 Å². The van der Waals surface area contributed by atoms with Gasteiger partial charge in [0.2, 0.25) is 6.10 Å². The summed E-state index contributed by atoms with van der Waals surface area (Å²) in [5.41, 5.74) is 2.50. The standard InChI is InChI=1S/C24H28ClI2N3O5/c1-24(2,16-5-8-22(20(26)9-16)35-13-17(32)10-25)15-3-6-19(7-4-15)34-14-18(33)11-30-23(27)21(12-31)28-29-30/h3-9,17-18,31-33H,10-14H2,1-2H3/p+1. The van der Waals surface area contributed by atoms with Crippen LogP contribution >= 0.6 is 56.8 Å². The summed E-state index contributed by atoms with van der Waals surface area (Å²) in [6.45, 7) is 4.73. The highest BCUT2D eigenvalue weighted by Crippen LogP contribution is 2.35. The second-order valence-electron chi connectivity index (χ2n) is 8.59. The maximum absolute atomic E-state index is 10.3. The van der Waals surface area contributed by atoms with Crippen molar-refractivity contribution in [1.82, 2.24) is 15.0 Å². The third-order valence-corrected chi connectivity index (χ3v) is 7.96. The molecular formula is C24H29ClI2N3O5+. The first kappa shape index (κ1) is 28.4. The van der Waals surface area contributed by atoms with E-state index in [1.54, 1.807) is 4.68 Å². The van der Waals surface area contributed by atoms with Gasteiger partial charge in [0.25, 0.3) is 0 Å². The maximum atomic E-state index is 10.3. The van der Waals surface area contributed by atoms with Gasteiger partial charge in [-0.3, -0.25) is 0 Å². The molecule has 2 atom stereocenters. The van der Waals surface area contributed by atoms with Gasteiger partial charge < -0.3 is 24.8 Å². The Morgan fingerprint density at radius 3 is 2.37 bits per heavy atom. The number of hydrogen-bond acceptors (Lipinski definition) is 6. The van der Waals surface area contributed by atoms with Crippen LogP contribution in [0.15, 0.2) is 42.5 Å². The summed E-state index contributed by atoms with van der Waals surface area (Å²) < 4.78 is 14.7. The van der Waals surface area contributed by atoms with Crippen molar-refractivity contribution in [3.63, 3.8) is 0 Å². The van der Waals surface area contributed by atoms with Gasteiger partial charge in [-0.1, -0.05) is 37.3 Å². The van der Waals surface area contributed by atoms with Crippen LogP contribution in [0.2, 0.25) is 0 Å². The first-order valence-corrected chi connectivity index (χ1v) is 13.6. The van der Waals surface area contributed by atoms with Crippen molar-refractivity contribution < 1.29 is 24.8 Å². The number of halogens is 3. The number of benzene rings is 2. The summed E-state index contributed by atoms with van der Waals surface area (Å²) in [5, 5.41) is 35.1. The highest BCUT2D eigenvalue weighted by Gasteiger charge is 2.24. The molecule has 35 heavy (non-hydrogen) atoms. The van der Waals surface area contributed by atoms with Crippen LogP contribution in [0.4, 0.5) is 0 Å². The lowest BCUT2D eigenvalue weighted by Gasteiger charge is -2.27. The quantitative estimate of drug-likeness (QED) is 0.168. The molecule has 3 rings (SSSR count). The number of alkyl halides is 1. The van der Waals surface area contributed by atoms with E-state index in [9.17, 15) is 10.2 Å². The largest absolute Gasteiger partial charge is 0.491 e. The Morgan fingerprint density at radius 2 is 1.77 bits per heavy atom. The van der Waals surface area contributed by atoms with Crippen LogP contribution in [-0.4, -0.2) is 61.6 Å². The Labute approximate surface area is 236 Å². The lowest BCUT2D eigenvalue weighted by atomic mass is 9.78. The molecule has 0 aliphatic rings. The topological polar surface area (TPSA) is 113 Å². The van der Waals surface area contributed by atoms with E-state index in [1.165, 1.54) is 0 Å². The van der Waals surface area contributed by atoms with Crippen molar-refractivity contribution >= 4 is 56.8 Å². The maximum Gasteiger partial charge on any atom is 0.202 e. The number of hydrogen-bond donors (Lipinski definition) is 2. The van der Waals surface area contributed by atoms with Crippen LogP contribution in [0.5, 0.6) is 11.5 Å². The molecule has 0 fully saturated rings. The van der Waals surface area contributed by atoms with E-state index < -0.39 is 12.2 Å². The zero-order chi connectivity index (χ0) is 25.6. The molecule has 2 unspecified atom stereocenters. The molecule has 1 heterocycles. The van der Waals surface area contributed by atoms with Gasteiger partial charge in [-0.25, -0.2) is 4.68 Å². The molecule has 0 amide bonds. The van der Waals surface area contributed by atoms with Crippen LogP contribution in [0, 0.1) is 7.27 Å². The predicted molar refractivity (Wildman–Crippen MR) is 152 cm³/mol. The Hall–Kier alpha value is -1.19. The molecule has 0 saturated heterocycles. The average molecular weight is 729 g/mol. The van der Waals surface area contributed by atoms with Gasteiger partial charge in [-0.15, -0.1) is 16.7 Å². The van der Waals surface area contributed by atoms with E-state index in [0.717, 1.165) is 20.4 Å². The van der Waals surface area contributed by atoms with Gasteiger partial charge in [0.05, 0.1) is 22.6 Å². The number of ether oxygens (including phenoxy) is 2. The molecule has 3 aromatic rings. The second-order valence-corrected chi connectivity index (χ2v) is 11.1. The summed E-state index contributed by atoms with van der Waals surface area (Å²) in [5.74, 6) is 1.66. The van der Waals surface area contributed by atoms with Crippen LogP contribution in [0.3, 0.4) is 0 Å². The van der Waals surface area contributed by atoms with E-state index >= 15 is 0 Å². The molecule has 190 valence electrons. The fourth-order valence-corrected chi connectivity index (χ4v) is 4.70. The minimum absolute atomic E-state index is 0.107. The van der Waals surface area contributed by atoms with Crippen molar-refractivity contribution in [1.29, 1.82) is 0 Å². The van der Waals surface area contributed by atoms with Crippen LogP contribution in [0.25, 0.3) is 0 Å². The molecule has 0 radical (unpaired) electrons. The van der Waals surface area contributed by atoms with Gasteiger partial charge in [0, 0.05) is 5.41 Å². The SMILES string of the molecule is CC(C)(c1ccc(OCC(O)Cn2nnc(CO)c2I)cc1)c1ccc(OCC([OH2+])CCl)c(I)c1. The third-order valence-electron chi connectivity index (χ3n) is 5.57. The molecule has 0 saturated carbocycles. The van der Waals surface area contributed by atoms with Crippen molar-refractivity contribution in [2.24, 2.45) is 0 Å². The zero-order valence-corrected chi connectivity index (χ0v) is 24.5. The van der Waals surface area contributed by atoms with E-state index in [4.69, 9.17) is 26.2 Å². The highest BCUT2D eigenvalue weighted by molar-refractivity contribution is 14.1. The van der Waals surface area contributed by atoms with E-state index in [0.29, 0.717) is 15.1 Å². The Balaban J connectivity index is 1.60. The Bertz CT molecular complexity index is 1110. The molecule has 0 aliphatic heterocycles. The average Bonchev–Trinajstić information content (AvgIpc) is 3.20. The molecular weight excluding hydrogens is 700 g/mol. The minimum atomic E-state index is -0.773. The normalized spacial score (nSPS) is 13.5. The van der Waals surface area contributed by atoms with Gasteiger partial charge in [0.1, 0.15) is 33.6 Å². The van der Waals surface area contributed by atoms with E-state index in [1.807, 2.05) is 59.0 Å². The first-order chi connectivity index (χ1) is 16.6. The van der Waals surface area contributed by atoms with Crippen molar-refractivity contribution in [2.75, 3.05) is 19.1 Å². The molecule has 0 aliphatic carbocycles. The minimum Gasteiger partial charge on any atom is -0.491 e. The zero-order valence-electron chi connectivity index (χ0n) is 19.4. The van der Waals surface area contributed by atoms with Crippen molar-refractivity contribution in [3.05, 3.63) is 66.6 Å². The fourth-order valence-electron chi connectivity index (χ4n) is 3.37. The summed E-state index contributed by atoms with van der Waals surface area (Å²) in [6, 6.07) is 13.9. The smallest absolute Gasteiger partial charge is 0.202 e. The van der Waals surface area contributed by atoms with Crippen molar-refractivity contribution in [2.45, 2.75) is 44.6 Å². The summed E-state index contributed by atoms with van der Waals surface area (Å²) in [4.78, 5) is 0. The molecule has 4 N–H and O–H groups in total. The summed E-state index contributed by atoms with van der Waals surface area (Å²) in [6.07, 6.45) is -1.22. The summed E-state index contributed by atoms with van der Waals surface area (Å²) in [7, 11) is 0. The molecule has 1 aromatic heterocycles. The van der Waals surface area contributed by atoms with Gasteiger partial charge >= 0.3 is 0 Å². The van der Waals surface area contributed by atoms with E-state index in [-0.39, 0.29) is 37.7 Å². The predicted octanol–water partition coefficient (Wildman–Crippen LogP) is 3.46. The molecule has 11 heteroatoms. The first-order valence-electron chi connectivity index (χ1n) is 11.0. The van der Waals surface area contributed by atoms with Crippen LogP contribution < -0.4 is 9.47 Å². The lowest BCUT2D eigenvalue weighted by molar-refractivity contribution is 0.0881. The Kier molecular flexibility index (Phi) is 10.4. The second kappa shape index (κ2) is 12.9. The van der Waals surface area contributed by atoms with Gasteiger partial charge in [-0.05, 0) is 80.6 Å². The number of aromatic nitrogens is 3. The van der Waals surface area contributed by atoms with Gasteiger partial charge in [0.15, 0.2) is 6.61 Å². The fraction of sp³-hybridized carbons (Fsp3) is 0.417. The molecule has 0 bridgehead atoms. The molecule has 2 aromatic carbocycles. The monoisotopic (exact) mass is 728 g/mol. The number of aliphatic hydroxyl groups excluding tert-OH is 2. The third kappa shape index (κ3) is 7.41. The van der Waals surface area contributed by atoms with Crippen molar-refractivity contribution in [3.8, 4) is 11.5 Å². The molecule has 0 spiro atoms. The molecule has 8 nitrogen and oxygen atoms in total. The Morgan fingerprint density at radius 1 is 1.09 bits per heavy atom. The van der Waals surface area contributed by atoms with E-state index in [2.05, 4.69) is 52.8 Å². The number of nitrogens with zero attached hydrogens (tertiary/aromatic N) is 3.